The Kier molecular flexibility index (Phi) is 14.0. The van der Waals surface area contributed by atoms with Gasteiger partial charge in [-0.15, -0.1) is 0 Å². The van der Waals surface area contributed by atoms with Crippen molar-refractivity contribution in [1.82, 2.24) is 0 Å². The SMILES string of the molecule is C=CC(=C)OCCCCOc1ccc(C(=O)Oc2ccc(OC(=O)c3ccc(OCCCCOC(=O)C=C)cc3)c(C)c2)cc1. The van der Waals surface area contributed by atoms with Gasteiger partial charge in [-0.2, -0.15) is 0 Å². The van der Waals surface area contributed by atoms with Crippen LogP contribution in [0.1, 0.15) is 52.0 Å². The van der Waals surface area contributed by atoms with E-state index in [0.717, 1.165) is 18.9 Å². The van der Waals surface area contributed by atoms with Gasteiger partial charge in [0.1, 0.15) is 28.8 Å². The number of allylic oxidation sites excluding steroid dienone is 1. The summed E-state index contributed by atoms with van der Waals surface area (Å²) in [7, 11) is 0. The number of rotatable bonds is 19. The van der Waals surface area contributed by atoms with Gasteiger partial charge in [0.15, 0.2) is 0 Å². The van der Waals surface area contributed by atoms with Gasteiger partial charge < -0.3 is 28.4 Å². The Hall–Kier alpha value is -5.31. The first-order chi connectivity index (χ1) is 21.8. The van der Waals surface area contributed by atoms with E-state index in [9.17, 15) is 14.4 Å². The molecule has 9 nitrogen and oxygen atoms in total. The van der Waals surface area contributed by atoms with Crippen LogP contribution in [0.4, 0.5) is 0 Å². The van der Waals surface area contributed by atoms with Crippen molar-refractivity contribution in [2.75, 3.05) is 26.4 Å². The molecule has 0 aliphatic heterocycles. The minimum absolute atomic E-state index is 0.304. The average molecular weight is 615 g/mol. The molecule has 45 heavy (non-hydrogen) atoms. The number of aryl methyl sites for hydroxylation is 1. The summed E-state index contributed by atoms with van der Waals surface area (Å²) in [6.07, 6.45) is 5.68. The van der Waals surface area contributed by atoms with Gasteiger partial charge in [0.05, 0.1) is 37.6 Å². The molecule has 0 saturated carbocycles. The molecule has 3 rings (SSSR count). The molecule has 0 fully saturated rings. The minimum atomic E-state index is -0.535. The molecule has 236 valence electrons. The van der Waals surface area contributed by atoms with Crippen molar-refractivity contribution in [3.63, 3.8) is 0 Å². The molecule has 0 radical (unpaired) electrons. The number of ether oxygens (including phenoxy) is 6. The van der Waals surface area contributed by atoms with E-state index in [1.807, 2.05) is 0 Å². The molecule has 0 amide bonds. The second-order valence-electron chi connectivity index (χ2n) is 9.76. The molecule has 0 aliphatic carbocycles. The molecule has 0 N–H and O–H groups in total. The monoisotopic (exact) mass is 614 g/mol. The third kappa shape index (κ3) is 12.1. The van der Waals surface area contributed by atoms with Gasteiger partial charge in [0.2, 0.25) is 0 Å². The fourth-order valence-corrected chi connectivity index (χ4v) is 3.78. The molecule has 0 spiro atoms. The number of hydrogen-bond donors (Lipinski definition) is 0. The second-order valence-corrected chi connectivity index (χ2v) is 9.76. The van der Waals surface area contributed by atoms with Crippen LogP contribution in [-0.4, -0.2) is 44.3 Å². The molecule has 0 aromatic heterocycles. The van der Waals surface area contributed by atoms with E-state index >= 15 is 0 Å². The number of benzene rings is 3. The van der Waals surface area contributed by atoms with E-state index in [0.29, 0.717) is 84.7 Å². The average Bonchev–Trinajstić information content (AvgIpc) is 3.05. The fraction of sp³-hybridized carbons (Fsp3) is 0.250. The van der Waals surface area contributed by atoms with Gasteiger partial charge in [-0.3, -0.25) is 0 Å². The van der Waals surface area contributed by atoms with Crippen molar-refractivity contribution < 1.29 is 42.8 Å². The maximum absolute atomic E-state index is 12.7. The zero-order valence-corrected chi connectivity index (χ0v) is 25.5. The standard InChI is InChI=1S/C36H38O9/c1-5-27(4)40-21-7-8-22-41-30-15-11-28(12-16-30)35(38)44-32-19-20-33(26(3)25-32)45-36(39)29-13-17-31(18-14-29)42-23-9-10-24-43-34(37)6-2/h5-6,11-20,25H,1-2,4,7-10,21-24H2,3H3. The van der Waals surface area contributed by atoms with Crippen molar-refractivity contribution in [2.45, 2.75) is 32.6 Å². The van der Waals surface area contributed by atoms with E-state index in [1.54, 1.807) is 79.7 Å². The summed E-state index contributed by atoms with van der Waals surface area (Å²) in [4.78, 5) is 36.4. The summed E-state index contributed by atoms with van der Waals surface area (Å²) in [5.74, 6) is 0.958. The van der Waals surface area contributed by atoms with E-state index in [2.05, 4.69) is 19.7 Å². The molecule has 0 saturated heterocycles. The molecule has 9 heteroatoms. The van der Waals surface area contributed by atoms with Crippen LogP contribution < -0.4 is 18.9 Å². The molecule has 0 aliphatic rings. The van der Waals surface area contributed by atoms with Crippen LogP contribution in [0, 0.1) is 6.92 Å². The first-order valence-electron chi connectivity index (χ1n) is 14.5. The van der Waals surface area contributed by atoms with Gasteiger partial charge in [-0.25, -0.2) is 14.4 Å². The van der Waals surface area contributed by atoms with Crippen molar-refractivity contribution in [3.8, 4) is 23.0 Å². The highest BCUT2D eigenvalue weighted by molar-refractivity contribution is 5.92. The summed E-state index contributed by atoms with van der Waals surface area (Å²) < 4.78 is 32.7. The van der Waals surface area contributed by atoms with Crippen LogP contribution in [0.3, 0.4) is 0 Å². The number of carbonyl (C=O) groups is 3. The summed E-state index contributed by atoms with van der Waals surface area (Å²) >= 11 is 0. The third-order valence-electron chi connectivity index (χ3n) is 6.28. The lowest BCUT2D eigenvalue weighted by molar-refractivity contribution is -0.137. The van der Waals surface area contributed by atoms with Crippen molar-refractivity contribution in [2.24, 2.45) is 0 Å². The Morgan fingerprint density at radius 3 is 1.62 bits per heavy atom. The van der Waals surface area contributed by atoms with Crippen LogP contribution >= 0.6 is 0 Å². The highest BCUT2D eigenvalue weighted by Crippen LogP contribution is 2.26. The summed E-state index contributed by atoms with van der Waals surface area (Å²) in [6.45, 7) is 14.2. The van der Waals surface area contributed by atoms with Gasteiger partial charge in [0, 0.05) is 6.08 Å². The van der Waals surface area contributed by atoms with Crippen LogP contribution in [-0.2, 0) is 14.3 Å². The zero-order valence-electron chi connectivity index (χ0n) is 25.5. The minimum Gasteiger partial charge on any atom is -0.494 e. The molecule has 3 aromatic rings. The van der Waals surface area contributed by atoms with E-state index in [-0.39, 0.29) is 0 Å². The molecule has 3 aromatic carbocycles. The highest BCUT2D eigenvalue weighted by atomic mass is 16.5. The predicted molar refractivity (Wildman–Crippen MR) is 170 cm³/mol. The molecule has 0 bridgehead atoms. The highest BCUT2D eigenvalue weighted by Gasteiger charge is 2.14. The first kappa shape index (κ1) is 34.2. The number of esters is 3. The van der Waals surface area contributed by atoms with E-state index in [4.69, 9.17) is 28.4 Å². The molecule has 0 heterocycles. The van der Waals surface area contributed by atoms with Crippen LogP contribution in [0.25, 0.3) is 0 Å². The number of carbonyl (C=O) groups excluding carboxylic acids is 3. The summed E-state index contributed by atoms with van der Waals surface area (Å²) in [5.41, 5.74) is 1.34. The van der Waals surface area contributed by atoms with Crippen LogP contribution in [0.5, 0.6) is 23.0 Å². The predicted octanol–water partition coefficient (Wildman–Crippen LogP) is 7.20. The summed E-state index contributed by atoms with van der Waals surface area (Å²) in [5, 5.41) is 0. The third-order valence-corrected chi connectivity index (χ3v) is 6.28. The van der Waals surface area contributed by atoms with Crippen molar-refractivity contribution in [1.29, 1.82) is 0 Å². The summed E-state index contributed by atoms with van der Waals surface area (Å²) in [6, 6.07) is 18.1. The lowest BCUT2D eigenvalue weighted by Crippen LogP contribution is -2.11. The molecular formula is C36H38O9. The first-order valence-corrected chi connectivity index (χ1v) is 14.5. The van der Waals surface area contributed by atoms with Gasteiger partial charge >= 0.3 is 17.9 Å². The maximum atomic E-state index is 12.7. The largest absolute Gasteiger partial charge is 0.494 e. The normalized spacial score (nSPS) is 10.2. The second kappa shape index (κ2) is 18.4. The molecule has 0 atom stereocenters. The van der Waals surface area contributed by atoms with Gasteiger partial charge in [-0.05, 0) is 111 Å². The lowest BCUT2D eigenvalue weighted by atomic mass is 10.2. The topological polar surface area (TPSA) is 107 Å². The van der Waals surface area contributed by atoms with E-state index in [1.165, 1.54) is 0 Å². The van der Waals surface area contributed by atoms with Crippen molar-refractivity contribution >= 4 is 17.9 Å². The number of unbranched alkanes of at least 4 members (excludes halogenated alkanes) is 2. The zero-order chi connectivity index (χ0) is 32.4. The maximum Gasteiger partial charge on any atom is 0.343 e. The Labute approximate surface area is 263 Å². The Bertz CT molecular complexity index is 1460. The Morgan fingerprint density at radius 2 is 1.11 bits per heavy atom. The Morgan fingerprint density at radius 1 is 0.622 bits per heavy atom. The number of hydrogen-bond acceptors (Lipinski definition) is 9. The van der Waals surface area contributed by atoms with E-state index < -0.39 is 17.9 Å². The lowest BCUT2D eigenvalue weighted by Gasteiger charge is -2.11. The Balaban J connectivity index is 1.41. The van der Waals surface area contributed by atoms with Gasteiger partial charge in [-0.1, -0.05) is 19.7 Å². The smallest absolute Gasteiger partial charge is 0.343 e. The van der Waals surface area contributed by atoms with Gasteiger partial charge in [0.25, 0.3) is 0 Å². The fourth-order valence-electron chi connectivity index (χ4n) is 3.78. The van der Waals surface area contributed by atoms with Crippen LogP contribution in [0.2, 0.25) is 0 Å². The molecule has 0 unspecified atom stereocenters. The quantitative estimate of drug-likeness (QED) is 0.0346. The van der Waals surface area contributed by atoms with Crippen LogP contribution in [0.15, 0.2) is 104 Å². The molecular weight excluding hydrogens is 576 g/mol. The van der Waals surface area contributed by atoms with Crippen molar-refractivity contribution in [3.05, 3.63) is 121 Å².